The molecule has 0 aliphatic carbocycles. The molecule has 3 atom stereocenters. The molecule has 0 saturated carbocycles. The molecule has 1 aromatic rings. The van der Waals surface area contributed by atoms with Gasteiger partial charge in [0, 0.05) is 13.6 Å². The molecule has 2 rings (SSSR count). The molecular weight excluding hydrogens is 314 g/mol. The molecule has 1 aliphatic heterocycles. The Bertz CT molecular complexity index is 530. The SMILES string of the molecule is CC(c1ccc(F)c(F)c1)N(C)C(=O)[C@@H]1CC[C@H](CN)O1.Cl. The summed E-state index contributed by atoms with van der Waals surface area (Å²) in [6.45, 7) is 2.16. The number of nitrogens with zero attached hydrogens (tertiary/aromatic N) is 1. The second kappa shape index (κ2) is 7.85. The minimum Gasteiger partial charge on any atom is -0.364 e. The molecule has 0 spiro atoms. The Labute approximate surface area is 135 Å². The summed E-state index contributed by atoms with van der Waals surface area (Å²) in [6, 6.07) is 3.29. The van der Waals surface area contributed by atoms with Gasteiger partial charge in [-0.05, 0) is 37.5 Å². The zero-order valence-electron chi connectivity index (χ0n) is 12.6. The highest BCUT2D eigenvalue weighted by Gasteiger charge is 2.33. The fourth-order valence-electron chi connectivity index (χ4n) is 2.47. The number of ether oxygens (including phenoxy) is 1. The molecule has 1 saturated heterocycles. The third-order valence-corrected chi connectivity index (χ3v) is 4.00. The maximum Gasteiger partial charge on any atom is 0.251 e. The Morgan fingerprint density at radius 3 is 2.64 bits per heavy atom. The van der Waals surface area contributed by atoms with Crippen molar-refractivity contribution in [3.8, 4) is 0 Å². The number of halogens is 3. The number of nitrogens with two attached hydrogens (primary N) is 1. The lowest BCUT2D eigenvalue weighted by Crippen LogP contribution is -2.38. The number of hydrogen-bond donors (Lipinski definition) is 1. The molecule has 7 heteroatoms. The van der Waals surface area contributed by atoms with Gasteiger partial charge in [0.1, 0.15) is 6.10 Å². The number of carbonyl (C=O) groups is 1. The van der Waals surface area contributed by atoms with E-state index >= 15 is 0 Å². The molecule has 0 bridgehead atoms. The first-order chi connectivity index (χ1) is 9.93. The average Bonchev–Trinajstić information content (AvgIpc) is 2.96. The molecule has 1 fully saturated rings. The number of likely N-dealkylation sites (N-methyl/N-ethyl adjacent to an activating group) is 1. The van der Waals surface area contributed by atoms with Gasteiger partial charge in [0.25, 0.3) is 5.91 Å². The van der Waals surface area contributed by atoms with Gasteiger partial charge in [-0.3, -0.25) is 4.79 Å². The van der Waals surface area contributed by atoms with E-state index in [1.165, 1.54) is 11.0 Å². The monoisotopic (exact) mass is 334 g/mol. The minimum atomic E-state index is -0.916. The van der Waals surface area contributed by atoms with Crippen LogP contribution >= 0.6 is 12.4 Å². The summed E-state index contributed by atoms with van der Waals surface area (Å²) in [4.78, 5) is 13.9. The van der Waals surface area contributed by atoms with Crippen LogP contribution in [-0.2, 0) is 9.53 Å². The van der Waals surface area contributed by atoms with Gasteiger partial charge in [-0.1, -0.05) is 6.07 Å². The Balaban J connectivity index is 0.00000242. The topological polar surface area (TPSA) is 55.6 Å². The lowest BCUT2D eigenvalue weighted by Gasteiger charge is -2.28. The Kier molecular flexibility index (Phi) is 6.71. The van der Waals surface area contributed by atoms with Crippen molar-refractivity contribution in [2.24, 2.45) is 5.73 Å². The molecule has 0 radical (unpaired) electrons. The van der Waals surface area contributed by atoms with E-state index in [9.17, 15) is 13.6 Å². The third kappa shape index (κ3) is 3.94. The summed E-state index contributed by atoms with van der Waals surface area (Å²) in [6.07, 6.45) is 0.817. The van der Waals surface area contributed by atoms with Gasteiger partial charge in [0.2, 0.25) is 0 Å². The normalized spacial score (nSPS) is 22.0. The molecule has 22 heavy (non-hydrogen) atoms. The summed E-state index contributed by atoms with van der Waals surface area (Å²) in [5.41, 5.74) is 6.07. The van der Waals surface area contributed by atoms with E-state index in [0.29, 0.717) is 18.5 Å². The van der Waals surface area contributed by atoms with Crippen molar-refractivity contribution < 1.29 is 18.3 Å². The summed E-state index contributed by atoms with van der Waals surface area (Å²) in [7, 11) is 1.63. The fourth-order valence-corrected chi connectivity index (χ4v) is 2.47. The van der Waals surface area contributed by atoms with Gasteiger partial charge >= 0.3 is 0 Å². The van der Waals surface area contributed by atoms with E-state index in [4.69, 9.17) is 10.5 Å². The molecule has 4 nitrogen and oxygen atoms in total. The van der Waals surface area contributed by atoms with Crippen LogP contribution in [-0.4, -0.2) is 36.6 Å². The van der Waals surface area contributed by atoms with Crippen LogP contribution in [0.15, 0.2) is 18.2 Å². The number of hydrogen-bond acceptors (Lipinski definition) is 3. The molecular formula is C15H21ClF2N2O2. The van der Waals surface area contributed by atoms with Crippen LogP contribution in [0.5, 0.6) is 0 Å². The van der Waals surface area contributed by atoms with Crippen molar-refractivity contribution in [2.45, 2.75) is 38.0 Å². The maximum atomic E-state index is 13.3. The smallest absolute Gasteiger partial charge is 0.251 e. The average molecular weight is 335 g/mol. The molecule has 124 valence electrons. The maximum absolute atomic E-state index is 13.3. The van der Waals surface area contributed by atoms with E-state index in [2.05, 4.69) is 0 Å². The van der Waals surface area contributed by atoms with Gasteiger partial charge in [-0.25, -0.2) is 8.78 Å². The first kappa shape index (κ1) is 18.8. The number of rotatable bonds is 4. The molecule has 2 N–H and O–H groups in total. The van der Waals surface area contributed by atoms with Gasteiger partial charge in [-0.15, -0.1) is 12.4 Å². The van der Waals surface area contributed by atoms with Crippen molar-refractivity contribution in [2.75, 3.05) is 13.6 Å². The summed E-state index contributed by atoms with van der Waals surface area (Å²) >= 11 is 0. The first-order valence-corrected chi connectivity index (χ1v) is 7.01. The van der Waals surface area contributed by atoms with Crippen LogP contribution in [0, 0.1) is 11.6 Å². The van der Waals surface area contributed by atoms with Gasteiger partial charge in [-0.2, -0.15) is 0 Å². The summed E-state index contributed by atoms with van der Waals surface area (Å²) < 4.78 is 31.8. The minimum absolute atomic E-state index is 0. The van der Waals surface area contributed by atoms with E-state index < -0.39 is 17.7 Å². The highest BCUT2D eigenvalue weighted by molar-refractivity contribution is 5.85. The van der Waals surface area contributed by atoms with E-state index in [0.717, 1.165) is 18.6 Å². The van der Waals surface area contributed by atoms with Crippen molar-refractivity contribution >= 4 is 18.3 Å². The predicted molar refractivity (Wildman–Crippen MR) is 81.7 cm³/mol. The van der Waals surface area contributed by atoms with Gasteiger partial charge in [0.05, 0.1) is 12.1 Å². The second-order valence-electron chi connectivity index (χ2n) is 5.36. The molecule has 1 aliphatic rings. The first-order valence-electron chi connectivity index (χ1n) is 7.01. The lowest BCUT2D eigenvalue weighted by atomic mass is 10.1. The van der Waals surface area contributed by atoms with Crippen LogP contribution in [0.3, 0.4) is 0 Å². The number of amides is 1. The van der Waals surface area contributed by atoms with Gasteiger partial charge < -0.3 is 15.4 Å². The lowest BCUT2D eigenvalue weighted by molar-refractivity contribution is -0.143. The molecule has 1 heterocycles. The number of benzene rings is 1. The number of carbonyl (C=O) groups excluding carboxylic acids is 1. The van der Waals surface area contributed by atoms with Crippen LogP contribution in [0.25, 0.3) is 0 Å². The van der Waals surface area contributed by atoms with Crippen LogP contribution in [0.1, 0.15) is 31.4 Å². The zero-order valence-corrected chi connectivity index (χ0v) is 13.4. The Hall–Kier alpha value is -1.24. The Morgan fingerprint density at radius 1 is 1.41 bits per heavy atom. The Morgan fingerprint density at radius 2 is 2.09 bits per heavy atom. The zero-order chi connectivity index (χ0) is 15.6. The highest BCUT2D eigenvalue weighted by Crippen LogP contribution is 2.25. The molecule has 0 aromatic heterocycles. The van der Waals surface area contributed by atoms with Gasteiger partial charge in [0.15, 0.2) is 11.6 Å². The summed E-state index contributed by atoms with van der Waals surface area (Å²) in [5.74, 6) is -1.98. The summed E-state index contributed by atoms with van der Waals surface area (Å²) in [5, 5.41) is 0. The standard InChI is InChI=1S/C15H20F2N2O2.ClH/c1-9(10-3-5-12(16)13(17)7-10)19(2)15(20)14-6-4-11(8-18)21-14;/h3,5,7,9,11,14H,4,6,8,18H2,1-2H3;1H/t9?,11-,14+;/m1./s1. The van der Waals surface area contributed by atoms with Crippen molar-refractivity contribution in [1.29, 1.82) is 0 Å². The van der Waals surface area contributed by atoms with Crippen LogP contribution in [0.2, 0.25) is 0 Å². The molecule has 1 aromatic carbocycles. The van der Waals surface area contributed by atoms with Crippen molar-refractivity contribution in [1.82, 2.24) is 4.90 Å². The van der Waals surface area contributed by atoms with E-state index in [-0.39, 0.29) is 30.5 Å². The molecule has 1 unspecified atom stereocenters. The largest absolute Gasteiger partial charge is 0.364 e. The predicted octanol–water partition coefficient (Wildman–Crippen LogP) is 2.41. The fraction of sp³-hybridized carbons (Fsp3) is 0.533. The second-order valence-corrected chi connectivity index (χ2v) is 5.36. The van der Waals surface area contributed by atoms with E-state index in [1.54, 1.807) is 14.0 Å². The quantitative estimate of drug-likeness (QED) is 0.920. The highest BCUT2D eigenvalue weighted by atomic mass is 35.5. The van der Waals surface area contributed by atoms with Crippen LogP contribution in [0.4, 0.5) is 8.78 Å². The van der Waals surface area contributed by atoms with Crippen molar-refractivity contribution in [3.05, 3.63) is 35.4 Å². The van der Waals surface area contributed by atoms with E-state index in [1.807, 2.05) is 0 Å². The van der Waals surface area contributed by atoms with Crippen molar-refractivity contribution in [3.63, 3.8) is 0 Å². The van der Waals surface area contributed by atoms with Crippen LogP contribution < -0.4 is 5.73 Å². The molecule has 1 amide bonds. The third-order valence-electron chi connectivity index (χ3n) is 4.00.